The summed E-state index contributed by atoms with van der Waals surface area (Å²) in [5, 5.41) is 8.95. The predicted molar refractivity (Wildman–Crippen MR) is 79.4 cm³/mol. The van der Waals surface area contributed by atoms with E-state index < -0.39 is 41.8 Å². The molecule has 0 bridgehead atoms. The molecule has 1 aromatic rings. The number of carboxylic acid groups (broad SMARTS) is 1. The highest BCUT2D eigenvalue weighted by atomic mass is 32.2. The Morgan fingerprint density at radius 1 is 1.00 bits per heavy atom. The number of hydrogen-bond donors (Lipinski definition) is 1. The molecule has 0 saturated heterocycles. The molecule has 0 aliphatic heterocycles. The van der Waals surface area contributed by atoms with Gasteiger partial charge in [-0.2, -0.15) is 4.31 Å². The van der Waals surface area contributed by atoms with E-state index in [1.165, 1.54) is 39.2 Å². The lowest BCUT2D eigenvalue weighted by Crippen LogP contribution is -2.40. The Kier molecular flexibility index (Phi) is 5.34. The minimum absolute atomic E-state index is 0.399. The molecule has 22 heavy (non-hydrogen) atoms. The summed E-state index contributed by atoms with van der Waals surface area (Å²) in [6.07, 6.45) is 0. The van der Waals surface area contributed by atoms with Crippen LogP contribution < -0.4 is 0 Å². The Hall–Kier alpha value is -1.49. The number of benzene rings is 1. The van der Waals surface area contributed by atoms with Gasteiger partial charge >= 0.3 is 5.97 Å². The maximum atomic E-state index is 12.5. The van der Waals surface area contributed by atoms with Crippen LogP contribution in [0.2, 0.25) is 0 Å². The van der Waals surface area contributed by atoms with Crippen molar-refractivity contribution >= 4 is 26.0 Å². The Labute approximate surface area is 130 Å². The van der Waals surface area contributed by atoms with Gasteiger partial charge in [0.25, 0.3) is 0 Å². The zero-order chi connectivity index (χ0) is 17.3. The molecule has 1 unspecified atom stereocenters. The summed E-state index contributed by atoms with van der Waals surface area (Å²) < 4.78 is 51.1. The lowest BCUT2D eigenvalue weighted by atomic mass is 10.4. The van der Waals surface area contributed by atoms with Gasteiger partial charge in [-0.05, 0) is 19.1 Å². The molecule has 1 rings (SSSR count). The molecule has 1 aromatic carbocycles. The average Bonchev–Trinajstić information content (AvgIpc) is 2.45. The summed E-state index contributed by atoms with van der Waals surface area (Å²) in [4.78, 5) is 10.1. The van der Waals surface area contributed by atoms with Crippen LogP contribution in [0.4, 0.5) is 0 Å². The molecule has 8 nitrogen and oxygen atoms in total. The molecule has 0 heterocycles. The third-order valence-corrected chi connectivity index (χ3v) is 7.16. The number of hydrogen-bond acceptors (Lipinski definition) is 5. The molecular weight excluding hydrogens is 332 g/mol. The van der Waals surface area contributed by atoms with Crippen LogP contribution in [-0.4, -0.2) is 63.7 Å². The minimum Gasteiger partial charge on any atom is -0.480 e. The molecule has 0 amide bonds. The van der Waals surface area contributed by atoms with Crippen molar-refractivity contribution in [2.24, 2.45) is 0 Å². The molecule has 124 valence electrons. The SMILES string of the molecule is CC(C(=O)O)N(C)S(=O)(=O)c1ccccc1S(=O)(=O)N(C)C. The van der Waals surface area contributed by atoms with E-state index in [-0.39, 0.29) is 0 Å². The first-order valence-electron chi connectivity index (χ1n) is 6.16. The molecule has 1 N–H and O–H groups in total. The molecule has 10 heteroatoms. The van der Waals surface area contributed by atoms with E-state index in [1.54, 1.807) is 0 Å². The number of aliphatic carboxylic acids is 1. The van der Waals surface area contributed by atoms with E-state index in [0.717, 1.165) is 17.4 Å². The average molecular weight is 350 g/mol. The number of rotatable bonds is 6. The summed E-state index contributed by atoms with van der Waals surface area (Å²) in [7, 11) is -4.62. The number of carboxylic acids is 1. The Morgan fingerprint density at radius 3 is 1.77 bits per heavy atom. The smallest absolute Gasteiger partial charge is 0.321 e. The van der Waals surface area contributed by atoms with Crippen molar-refractivity contribution in [2.75, 3.05) is 21.1 Å². The maximum Gasteiger partial charge on any atom is 0.321 e. The van der Waals surface area contributed by atoms with Crippen molar-refractivity contribution in [3.05, 3.63) is 24.3 Å². The van der Waals surface area contributed by atoms with Crippen molar-refractivity contribution in [3.63, 3.8) is 0 Å². The molecule has 0 aliphatic carbocycles. The molecule has 0 spiro atoms. The normalized spacial score (nSPS) is 14.3. The van der Waals surface area contributed by atoms with Crippen LogP contribution in [0.25, 0.3) is 0 Å². The molecule has 0 saturated carbocycles. The first-order valence-corrected chi connectivity index (χ1v) is 9.04. The van der Waals surface area contributed by atoms with Crippen molar-refractivity contribution in [1.82, 2.24) is 8.61 Å². The van der Waals surface area contributed by atoms with Crippen molar-refractivity contribution in [2.45, 2.75) is 22.8 Å². The number of sulfonamides is 2. The van der Waals surface area contributed by atoms with Gasteiger partial charge in [0.05, 0.1) is 0 Å². The van der Waals surface area contributed by atoms with Gasteiger partial charge in [-0.3, -0.25) is 4.79 Å². The fourth-order valence-corrected chi connectivity index (χ4v) is 4.58. The molecule has 0 radical (unpaired) electrons. The Bertz CT molecular complexity index is 771. The highest BCUT2D eigenvalue weighted by Crippen LogP contribution is 2.26. The lowest BCUT2D eigenvalue weighted by molar-refractivity contribution is -0.140. The molecule has 0 aliphatic rings. The highest BCUT2D eigenvalue weighted by Gasteiger charge is 2.34. The molecular formula is C12H18N2O6S2. The van der Waals surface area contributed by atoms with E-state index in [4.69, 9.17) is 5.11 Å². The molecule has 0 fully saturated rings. The first-order chi connectivity index (χ1) is 9.94. The van der Waals surface area contributed by atoms with Gasteiger partial charge in [0.2, 0.25) is 20.0 Å². The van der Waals surface area contributed by atoms with Gasteiger partial charge < -0.3 is 5.11 Å². The number of likely N-dealkylation sites (N-methyl/N-ethyl adjacent to an activating group) is 1. The van der Waals surface area contributed by atoms with Crippen LogP contribution in [-0.2, 0) is 24.8 Å². The van der Waals surface area contributed by atoms with E-state index in [1.807, 2.05) is 0 Å². The second-order valence-electron chi connectivity index (χ2n) is 4.77. The predicted octanol–water partition coefficient (Wildman–Crippen LogP) is 0.0305. The molecule has 1 atom stereocenters. The van der Waals surface area contributed by atoms with E-state index >= 15 is 0 Å². The molecule has 0 aromatic heterocycles. The quantitative estimate of drug-likeness (QED) is 0.775. The minimum atomic E-state index is -4.28. The monoisotopic (exact) mass is 350 g/mol. The van der Waals surface area contributed by atoms with Crippen molar-refractivity contribution in [3.8, 4) is 0 Å². The van der Waals surface area contributed by atoms with Crippen molar-refractivity contribution < 1.29 is 26.7 Å². The topological polar surface area (TPSA) is 112 Å². The third-order valence-electron chi connectivity index (χ3n) is 3.17. The number of nitrogens with zero attached hydrogens (tertiary/aromatic N) is 2. The summed E-state index contributed by atoms with van der Waals surface area (Å²) in [5.41, 5.74) is 0. The summed E-state index contributed by atoms with van der Waals surface area (Å²) in [6, 6.07) is 3.75. The fourth-order valence-electron chi connectivity index (χ4n) is 1.59. The Balaban J connectivity index is 3.56. The van der Waals surface area contributed by atoms with Crippen LogP contribution in [0.15, 0.2) is 34.1 Å². The van der Waals surface area contributed by atoms with E-state index in [2.05, 4.69) is 0 Å². The van der Waals surface area contributed by atoms with Gasteiger partial charge in [-0.25, -0.2) is 21.1 Å². The Morgan fingerprint density at radius 2 is 1.41 bits per heavy atom. The van der Waals surface area contributed by atoms with E-state index in [9.17, 15) is 21.6 Å². The summed E-state index contributed by atoms with van der Waals surface area (Å²) in [6.45, 7) is 1.20. The summed E-state index contributed by atoms with van der Waals surface area (Å²) >= 11 is 0. The van der Waals surface area contributed by atoms with Gasteiger partial charge in [0.15, 0.2) is 0 Å². The van der Waals surface area contributed by atoms with Gasteiger partial charge in [0, 0.05) is 21.1 Å². The zero-order valence-corrected chi connectivity index (χ0v) is 14.2. The standard InChI is InChI=1S/C12H18N2O6S2/c1-9(12(15)16)14(4)22(19,20)11-8-6-5-7-10(11)21(17,18)13(2)3/h5-9H,1-4H3,(H,15,16). The lowest BCUT2D eigenvalue weighted by Gasteiger charge is -2.23. The largest absolute Gasteiger partial charge is 0.480 e. The first kappa shape index (κ1) is 18.6. The summed E-state index contributed by atoms with van der Waals surface area (Å²) in [5.74, 6) is -1.33. The van der Waals surface area contributed by atoms with Crippen LogP contribution >= 0.6 is 0 Å². The second kappa shape index (κ2) is 6.32. The van der Waals surface area contributed by atoms with E-state index in [0.29, 0.717) is 4.31 Å². The van der Waals surface area contributed by atoms with Crippen molar-refractivity contribution in [1.29, 1.82) is 0 Å². The zero-order valence-electron chi connectivity index (χ0n) is 12.6. The fraction of sp³-hybridized carbons (Fsp3) is 0.417. The van der Waals surface area contributed by atoms with Gasteiger partial charge in [0.1, 0.15) is 15.8 Å². The third kappa shape index (κ3) is 3.29. The maximum absolute atomic E-state index is 12.5. The second-order valence-corrected chi connectivity index (χ2v) is 8.86. The van der Waals surface area contributed by atoms with Crippen LogP contribution in [0, 0.1) is 0 Å². The van der Waals surface area contributed by atoms with Gasteiger partial charge in [-0.15, -0.1) is 0 Å². The van der Waals surface area contributed by atoms with Gasteiger partial charge in [-0.1, -0.05) is 12.1 Å². The highest BCUT2D eigenvalue weighted by molar-refractivity contribution is 7.92. The van der Waals surface area contributed by atoms with Crippen LogP contribution in [0.1, 0.15) is 6.92 Å². The number of carbonyl (C=O) groups is 1. The van der Waals surface area contributed by atoms with Crippen LogP contribution in [0.5, 0.6) is 0 Å². The van der Waals surface area contributed by atoms with Crippen LogP contribution in [0.3, 0.4) is 0 Å².